The van der Waals surface area contributed by atoms with Gasteiger partial charge in [-0.25, -0.2) is 0 Å². The van der Waals surface area contributed by atoms with Crippen LogP contribution in [0.4, 0.5) is 0 Å². The molecule has 3 heteroatoms. The second-order valence-electron chi connectivity index (χ2n) is 3.87. The summed E-state index contributed by atoms with van der Waals surface area (Å²) in [5.74, 6) is 4.10. The fraction of sp³-hybridized carbons (Fsp3) is 0.231. The van der Waals surface area contributed by atoms with E-state index in [0.717, 1.165) is 28.6 Å². The predicted molar refractivity (Wildman–Crippen MR) is 67.0 cm³/mol. The smallest absolute Gasteiger partial charge is 0.139 e. The van der Waals surface area contributed by atoms with E-state index < -0.39 is 0 Å². The van der Waals surface area contributed by atoms with Crippen LogP contribution in [0.5, 0.6) is 0 Å². The third-order valence-electron chi connectivity index (χ3n) is 2.92. The van der Waals surface area contributed by atoms with Crippen molar-refractivity contribution >= 4 is 11.8 Å². The Morgan fingerprint density at radius 3 is 2.75 bits per heavy atom. The Morgan fingerprint density at radius 1 is 1.19 bits per heavy atom. The molecule has 0 saturated heterocycles. The first-order chi connectivity index (χ1) is 7.90. The Bertz CT molecular complexity index is 504. The van der Waals surface area contributed by atoms with Crippen LogP contribution in [0.15, 0.2) is 34.7 Å². The van der Waals surface area contributed by atoms with Crippen LogP contribution in [0.25, 0.3) is 11.3 Å². The van der Waals surface area contributed by atoms with E-state index in [0.29, 0.717) is 6.54 Å². The van der Waals surface area contributed by atoms with E-state index in [1.54, 1.807) is 0 Å². The van der Waals surface area contributed by atoms with Gasteiger partial charge < -0.3 is 10.2 Å². The number of fused-ring (bicyclic) bond motifs is 1. The highest BCUT2D eigenvalue weighted by atomic mass is 32.2. The van der Waals surface area contributed by atoms with Crippen LogP contribution in [0.3, 0.4) is 0 Å². The lowest BCUT2D eigenvalue weighted by molar-refractivity contribution is 0.542. The van der Waals surface area contributed by atoms with Crippen molar-refractivity contribution in [2.24, 2.45) is 5.73 Å². The van der Waals surface area contributed by atoms with Gasteiger partial charge >= 0.3 is 0 Å². The zero-order chi connectivity index (χ0) is 11.0. The molecule has 0 bridgehead atoms. The normalized spacial score (nSPS) is 14.1. The lowest BCUT2D eigenvalue weighted by Crippen LogP contribution is -1.99. The fourth-order valence-electron chi connectivity index (χ4n) is 2.12. The van der Waals surface area contributed by atoms with E-state index in [1.807, 2.05) is 30.0 Å². The van der Waals surface area contributed by atoms with Crippen LogP contribution in [-0.2, 0) is 18.1 Å². The molecule has 2 heterocycles. The third-order valence-corrected chi connectivity index (χ3v) is 3.88. The van der Waals surface area contributed by atoms with Gasteiger partial charge in [-0.05, 0) is 0 Å². The van der Waals surface area contributed by atoms with Crippen molar-refractivity contribution in [3.63, 3.8) is 0 Å². The maximum absolute atomic E-state index is 5.93. The van der Waals surface area contributed by atoms with Gasteiger partial charge in [-0.2, -0.15) is 0 Å². The Balaban J connectivity index is 2.15. The number of furan rings is 1. The van der Waals surface area contributed by atoms with Crippen molar-refractivity contribution < 1.29 is 4.42 Å². The van der Waals surface area contributed by atoms with Crippen LogP contribution >= 0.6 is 11.8 Å². The molecule has 82 valence electrons. The molecule has 1 aliphatic rings. The first-order valence-electron chi connectivity index (χ1n) is 5.37. The van der Waals surface area contributed by atoms with Gasteiger partial charge in [0.2, 0.25) is 0 Å². The summed E-state index contributed by atoms with van der Waals surface area (Å²) >= 11 is 1.89. The summed E-state index contributed by atoms with van der Waals surface area (Å²) in [4.78, 5) is 0. The van der Waals surface area contributed by atoms with E-state index in [2.05, 4.69) is 12.1 Å². The van der Waals surface area contributed by atoms with E-state index in [1.165, 1.54) is 11.1 Å². The highest BCUT2D eigenvalue weighted by Crippen LogP contribution is 2.39. The van der Waals surface area contributed by atoms with Gasteiger partial charge in [-0.3, -0.25) is 0 Å². The SMILES string of the molecule is NCc1c(-c2ccccc2)oc2c1CSC2. The van der Waals surface area contributed by atoms with Gasteiger partial charge in [-0.15, -0.1) is 11.8 Å². The van der Waals surface area contributed by atoms with Crippen molar-refractivity contribution in [2.45, 2.75) is 18.1 Å². The van der Waals surface area contributed by atoms with Crippen molar-refractivity contribution in [1.82, 2.24) is 0 Å². The minimum Gasteiger partial charge on any atom is -0.460 e. The van der Waals surface area contributed by atoms with E-state index >= 15 is 0 Å². The van der Waals surface area contributed by atoms with Crippen LogP contribution in [0, 0.1) is 0 Å². The van der Waals surface area contributed by atoms with Gasteiger partial charge in [0.05, 0.1) is 5.75 Å². The summed E-state index contributed by atoms with van der Waals surface area (Å²) < 4.78 is 5.93. The molecule has 2 aromatic rings. The van der Waals surface area contributed by atoms with Crippen LogP contribution in [0.1, 0.15) is 16.9 Å². The molecule has 16 heavy (non-hydrogen) atoms. The standard InChI is InChI=1S/C13H13NOS/c14-6-10-11-7-16-8-12(11)15-13(10)9-4-2-1-3-5-9/h1-5H,6-8,14H2. The maximum Gasteiger partial charge on any atom is 0.139 e. The third kappa shape index (κ3) is 1.47. The summed E-state index contributed by atoms with van der Waals surface area (Å²) in [5.41, 5.74) is 9.48. The second-order valence-corrected chi connectivity index (χ2v) is 4.86. The molecule has 0 spiro atoms. The van der Waals surface area contributed by atoms with E-state index in [4.69, 9.17) is 10.2 Å². The quantitative estimate of drug-likeness (QED) is 0.863. The lowest BCUT2D eigenvalue weighted by atomic mass is 10.1. The van der Waals surface area contributed by atoms with Crippen molar-refractivity contribution in [3.05, 3.63) is 47.2 Å². The van der Waals surface area contributed by atoms with Crippen LogP contribution in [0.2, 0.25) is 0 Å². The number of thioether (sulfide) groups is 1. The summed E-state index contributed by atoms with van der Waals surface area (Å²) in [5, 5.41) is 0. The van der Waals surface area contributed by atoms with E-state index in [9.17, 15) is 0 Å². The average molecular weight is 231 g/mol. The lowest BCUT2D eigenvalue weighted by Gasteiger charge is -2.02. The summed E-state index contributed by atoms with van der Waals surface area (Å²) in [7, 11) is 0. The molecular weight excluding hydrogens is 218 g/mol. The Kier molecular flexibility index (Phi) is 2.50. The average Bonchev–Trinajstić information content (AvgIpc) is 2.89. The summed E-state index contributed by atoms with van der Waals surface area (Å²) in [6.07, 6.45) is 0. The first-order valence-corrected chi connectivity index (χ1v) is 6.52. The number of rotatable bonds is 2. The van der Waals surface area contributed by atoms with Gasteiger partial charge in [0.25, 0.3) is 0 Å². The zero-order valence-corrected chi connectivity index (χ0v) is 9.72. The Morgan fingerprint density at radius 2 is 2.00 bits per heavy atom. The van der Waals surface area contributed by atoms with Gasteiger partial charge in [0.15, 0.2) is 0 Å². The summed E-state index contributed by atoms with van der Waals surface area (Å²) in [6, 6.07) is 10.2. The zero-order valence-electron chi connectivity index (χ0n) is 8.90. The molecular formula is C13H13NOS. The Hall–Kier alpha value is -1.19. The first kappa shape index (κ1) is 10.00. The van der Waals surface area contributed by atoms with Crippen LogP contribution in [-0.4, -0.2) is 0 Å². The minimum atomic E-state index is 0.559. The molecule has 0 amide bonds. The topological polar surface area (TPSA) is 39.2 Å². The number of hydrogen-bond acceptors (Lipinski definition) is 3. The monoisotopic (exact) mass is 231 g/mol. The molecule has 0 saturated carbocycles. The highest BCUT2D eigenvalue weighted by Gasteiger charge is 2.23. The van der Waals surface area contributed by atoms with Crippen molar-refractivity contribution in [1.29, 1.82) is 0 Å². The molecule has 0 unspecified atom stereocenters. The minimum absolute atomic E-state index is 0.559. The van der Waals surface area contributed by atoms with Gasteiger partial charge in [-0.1, -0.05) is 30.3 Å². The maximum atomic E-state index is 5.93. The molecule has 1 aromatic heterocycles. The molecule has 1 aliphatic heterocycles. The molecule has 0 radical (unpaired) electrons. The number of nitrogens with two attached hydrogens (primary N) is 1. The molecule has 0 atom stereocenters. The van der Waals surface area contributed by atoms with Gasteiger partial charge in [0.1, 0.15) is 11.5 Å². The molecule has 3 rings (SSSR count). The summed E-state index contributed by atoms with van der Waals surface area (Å²) in [6.45, 7) is 0.559. The largest absolute Gasteiger partial charge is 0.460 e. The van der Waals surface area contributed by atoms with Crippen LogP contribution < -0.4 is 5.73 Å². The second kappa shape index (κ2) is 4.00. The molecule has 1 aromatic carbocycles. The van der Waals surface area contributed by atoms with E-state index in [-0.39, 0.29) is 0 Å². The van der Waals surface area contributed by atoms with Crippen molar-refractivity contribution in [3.8, 4) is 11.3 Å². The highest BCUT2D eigenvalue weighted by molar-refractivity contribution is 7.98. The molecule has 0 aliphatic carbocycles. The molecule has 2 nitrogen and oxygen atoms in total. The fourth-order valence-corrected chi connectivity index (χ4v) is 3.18. The molecule has 2 N–H and O–H groups in total. The van der Waals surface area contributed by atoms with Crippen molar-refractivity contribution in [2.75, 3.05) is 0 Å². The predicted octanol–water partition coefficient (Wildman–Crippen LogP) is 3.15. The van der Waals surface area contributed by atoms with Gasteiger partial charge in [0, 0.05) is 29.0 Å². The molecule has 0 fully saturated rings. The Labute approximate surface area is 98.8 Å². The number of benzene rings is 1. The number of hydrogen-bond donors (Lipinski definition) is 1.